The second kappa shape index (κ2) is 7.69. The SMILES string of the molecule is CCCN(CCC(=O)N(C)CCC(N)=S)C1CC1. The fourth-order valence-corrected chi connectivity index (χ4v) is 2.13. The monoisotopic (exact) mass is 271 g/mol. The van der Waals surface area contributed by atoms with Crippen molar-refractivity contribution < 1.29 is 4.79 Å². The summed E-state index contributed by atoms with van der Waals surface area (Å²) in [5, 5.41) is 0. The van der Waals surface area contributed by atoms with Gasteiger partial charge in [0.25, 0.3) is 0 Å². The summed E-state index contributed by atoms with van der Waals surface area (Å²) < 4.78 is 0. The summed E-state index contributed by atoms with van der Waals surface area (Å²) in [5.74, 6) is 0.188. The molecule has 1 aliphatic rings. The molecular formula is C13H25N3OS. The second-order valence-electron chi connectivity index (χ2n) is 5.05. The molecular weight excluding hydrogens is 246 g/mol. The van der Waals surface area contributed by atoms with Crippen LogP contribution >= 0.6 is 12.2 Å². The van der Waals surface area contributed by atoms with Gasteiger partial charge in [0.1, 0.15) is 0 Å². The van der Waals surface area contributed by atoms with E-state index in [-0.39, 0.29) is 5.91 Å². The zero-order valence-corrected chi connectivity index (χ0v) is 12.3. The van der Waals surface area contributed by atoms with Gasteiger partial charge in [0.2, 0.25) is 5.91 Å². The third kappa shape index (κ3) is 5.78. The van der Waals surface area contributed by atoms with Crippen LogP contribution in [0.1, 0.15) is 39.0 Å². The van der Waals surface area contributed by atoms with Crippen LogP contribution in [-0.2, 0) is 4.79 Å². The molecule has 0 atom stereocenters. The fourth-order valence-electron chi connectivity index (χ4n) is 2.04. The Morgan fingerprint density at radius 2 is 1.94 bits per heavy atom. The quantitative estimate of drug-likeness (QED) is 0.644. The zero-order chi connectivity index (χ0) is 13.5. The summed E-state index contributed by atoms with van der Waals surface area (Å²) in [5.41, 5.74) is 5.44. The predicted octanol–water partition coefficient (Wildman–Crippen LogP) is 1.39. The maximum Gasteiger partial charge on any atom is 0.223 e. The minimum Gasteiger partial charge on any atom is -0.393 e. The first-order chi connectivity index (χ1) is 8.54. The molecule has 2 N–H and O–H groups in total. The average Bonchev–Trinajstić information content (AvgIpc) is 3.15. The Hall–Kier alpha value is -0.680. The van der Waals surface area contributed by atoms with Crippen LogP contribution in [0.25, 0.3) is 0 Å². The van der Waals surface area contributed by atoms with Crippen LogP contribution in [0.3, 0.4) is 0 Å². The number of carbonyl (C=O) groups is 1. The highest BCUT2D eigenvalue weighted by Gasteiger charge is 2.28. The summed E-state index contributed by atoms with van der Waals surface area (Å²) in [7, 11) is 1.82. The highest BCUT2D eigenvalue weighted by atomic mass is 32.1. The Morgan fingerprint density at radius 3 is 2.44 bits per heavy atom. The number of amides is 1. The van der Waals surface area contributed by atoms with E-state index in [1.54, 1.807) is 4.90 Å². The Morgan fingerprint density at radius 1 is 1.28 bits per heavy atom. The Kier molecular flexibility index (Phi) is 6.57. The molecule has 4 nitrogen and oxygen atoms in total. The third-order valence-corrected chi connectivity index (χ3v) is 3.51. The smallest absolute Gasteiger partial charge is 0.223 e. The molecule has 0 aromatic heterocycles. The van der Waals surface area contributed by atoms with Gasteiger partial charge in [0.15, 0.2) is 0 Å². The van der Waals surface area contributed by atoms with E-state index >= 15 is 0 Å². The van der Waals surface area contributed by atoms with E-state index in [0.29, 0.717) is 24.4 Å². The van der Waals surface area contributed by atoms with Gasteiger partial charge in [-0.1, -0.05) is 19.1 Å². The van der Waals surface area contributed by atoms with Gasteiger partial charge < -0.3 is 10.6 Å². The van der Waals surface area contributed by atoms with Crippen molar-refractivity contribution in [1.82, 2.24) is 9.80 Å². The average molecular weight is 271 g/mol. The fraction of sp³-hybridized carbons (Fsp3) is 0.846. The van der Waals surface area contributed by atoms with Gasteiger partial charge in [-0.3, -0.25) is 9.69 Å². The number of rotatable bonds is 9. The summed E-state index contributed by atoms with van der Waals surface area (Å²) in [6, 6.07) is 0.736. The third-order valence-electron chi connectivity index (χ3n) is 3.31. The topological polar surface area (TPSA) is 49.6 Å². The second-order valence-corrected chi connectivity index (χ2v) is 5.57. The number of hydrogen-bond donors (Lipinski definition) is 1. The van der Waals surface area contributed by atoms with E-state index in [1.165, 1.54) is 12.8 Å². The maximum absolute atomic E-state index is 11.9. The summed E-state index contributed by atoms with van der Waals surface area (Å²) in [4.78, 5) is 16.6. The van der Waals surface area contributed by atoms with Gasteiger partial charge in [-0.05, 0) is 25.8 Å². The Balaban J connectivity index is 2.23. The first kappa shape index (κ1) is 15.4. The standard InChI is InChI=1S/C13H25N3OS/c1-3-8-16(11-4-5-11)10-7-13(17)15(2)9-6-12(14)18/h11H,3-10H2,1-2H3,(H2,14,18). The molecule has 0 radical (unpaired) electrons. The molecule has 0 bridgehead atoms. The van der Waals surface area contributed by atoms with Gasteiger partial charge in [0.05, 0.1) is 4.99 Å². The lowest BCUT2D eigenvalue weighted by atomic mass is 10.3. The molecule has 0 unspecified atom stereocenters. The van der Waals surface area contributed by atoms with Crippen LogP contribution < -0.4 is 5.73 Å². The molecule has 5 heteroatoms. The number of nitrogens with two attached hydrogens (primary N) is 1. The molecule has 1 amide bonds. The van der Waals surface area contributed by atoms with Crippen LogP contribution in [0.15, 0.2) is 0 Å². The lowest BCUT2D eigenvalue weighted by molar-refractivity contribution is -0.130. The van der Waals surface area contributed by atoms with Crippen LogP contribution in [0.4, 0.5) is 0 Å². The number of hydrogen-bond acceptors (Lipinski definition) is 3. The van der Waals surface area contributed by atoms with Gasteiger partial charge in [-0.2, -0.15) is 0 Å². The van der Waals surface area contributed by atoms with Crippen molar-refractivity contribution in [3.8, 4) is 0 Å². The molecule has 0 aromatic carbocycles. The first-order valence-electron chi connectivity index (χ1n) is 6.81. The summed E-state index contributed by atoms with van der Waals surface area (Å²) in [6.07, 6.45) is 4.96. The minimum atomic E-state index is 0.188. The number of nitrogens with zero attached hydrogens (tertiary/aromatic N) is 2. The molecule has 0 aromatic rings. The number of thiocarbonyl (C=S) groups is 1. The first-order valence-corrected chi connectivity index (χ1v) is 7.21. The maximum atomic E-state index is 11.9. The summed E-state index contributed by atoms with van der Waals surface area (Å²) >= 11 is 4.82. The van der Waals surface area contributed by atoms with E-state index in [4.69, 9.17) is 18.0 Å². The molecule has 0 heterocycles. The van der Waals surface area contributed by atoms with Gasteiger partial charge in [-0.25, -0.2) is 0 Å². The number of carbonyl (C=O) groups excluding carboxylic acids is 1. The Labute approximate surface area is 115 Å². The molecule has 1 fully saturated rings. The molecule has 104 valence electrons. The van der Waals surface area contributed by atoms with E-state index in [1.807, 2.05) is 7.05 Å². The van der Waals surface area contributed by atoms with E-state index in [9.17, 15) is 4.79 Å². The Bertz CT molecular complexity index is 292. The van der Waals surface area contributed by atoms with Gasteiger partial charge in [-0.15, -0.1) is 0 Å². The normalized spacial score (nSPS) is 14.8. The van der Waals surface area contributed by atoms with Crippen molar-refractivity contribution in [1.29, 1.82) is 0 Å². The van der Waals surface area contributed by atoms with Crippen molar-refractivity contribution in [2.45, 2.75) is 45.1 Å². The molecule has 1 aliphatic carbocycles. The molecule has 0 saturated heterocycles. The molecule has 18 heavy (non-hydrogen) atoms. The van der Waals surface area contributed by atoms with Crippen molar-refractivity contribution in [2.24, 2.45) is 5.73 Å². The van der Waals surface area contributed by atoms with Crippen LogP contribution in [-0.4, -0.2) is 53.4 Å². The lowest BCUT2D eigenvalue weighted by Crippen LogP contribution is -2.35. The molecule has 0 aliphatic heterocycles. The predicted molar refractivity (Wildman–Crippen MR) is 78.5 cm³/mol. The van der Waals surface area contributed by atoms with E-state index < -0.39 is 0 Å². The molecule has 1 saturated carbocycles. The van der Waals surface area contributed by atoms with Crippen LogP contribution in [0, 0.1) is 0 Å². The van der Waals surface area contributed by atoms with E-state index in [0.717, 1.165) is 25.6 Å². The van der Waals surface area contributed by atoms with E-state index in [2.05, 4.69) is 11.8 Å². The van der Waals surface area contributed by atoms with Gasteiger partial charge in [0, 0.05) is 39.0 Å². The zero-order valence-electron chi connectivity index (χ0n) is 11.5. The highest BCUT2D eigenvalue weighted by Crippen LogP contribution is 2.26. The largest absolute Gasteiger partial charge is 0.393 e. The van der Waals surface area contributed by atoms with Crippen molar-refractivity contribution in [3.63, 3.8) is 0 Å². The van der Waals surface area contributed by atoms with Gasteiger partial charge >= 0.3 is 0 Å². The van der Waals surface area contributed by atoms with Crippen molar-refractivity contribution >= 4 is 23.1 Å². The van der Waals surface area contributed by atoms with Crippen molar-refractivity contribution in [2.75, 3.05) is 26.7 Å². The minimum absolute atomic E-state index is 0.188. The van der Waals surface area contributed by atoms with Crippen LogP contribution in [0.2, 0.25) is 0 Å². The van der Waals surface area contributed by atoms with Crippen molar-refractivity contribution in [3.05, 3.63) is 0 Å². The summed E-state index contributed by atoms with van der Waals surface area (Å²) in [6.45, 7) is 4.81. The van der Waals surface area contributed by atoms with Crippen LogP contribution in [0.5, 0.6) is 0 Å². The molecule has 1 rings (SSSR count). The highest BCUT2D eigenvalue weighted by molar-refractivity contribution is 7.80. The molecule has 0 spiro atoms. The lowest BCUT2D eigenvalue weighted by Gasteiger charge is -2.23.